The summed E-state index contributed by atoms with van der Waals surface area (Å²) >= 11 is 12.2. The normalized spacial score (nSPS) is 16.0. The minimum Gasteiger partial charge on any atom is -0.352 e. The number of rotatable bonds is 7. The Morgan fingerprint density at radius 3 is 2.19 bits per heavy atom. The molecule has 2 aromatic rings. The standard InChI is InChI=1S/C23H28Cl2N2O3S/c24-19-12-14-21(15-13-19)31(29,30)27(16-18-8-6-7-11-22(18)25)17-23(28)26-20-9-4-2-1-3-5-10-20/h6-8,11-15,20H,1-5,9-10,16-17H2,(H,26,28). The lowest BCUT2D eigenvalue weighted by Gasteiger charge is -2.25. The molecular weight excluding hydrogens is 455 g/mol. The quantitative estimate of drug-likeness (QED) is 0.573. The van der Waals surface area contributed by atoms with Crippen LogP contribution in [0.15, 0.2) is 53.4 Å². The number of hydrogen-bond acceptors (Lipinski definition) is 3. The summed E-state index contributed by atoms with van der Waals surface area (Å²) in [5.74, 6) is -0.296. The number of nitrogens with zero attached hydrogens (tertiary/aromatic N) is 1. The second-order valence-electron chi connectivity index (χ2n) is 7.93. The molecule has 5 nitrogen and oxygen atoms in total. The maximum atomic E-state index is 13.3. The van der Waals surface area contributed by atoms with E-state index in [1.807, 2.05) is 0 Å². The van der Waals surface area contributed by atoms with E-state index in [0.29, 0.717) is 15.6 Å². The average molecular weight is 483 g/mol. The van der Waals surface area contributed by atoms with Gasteiger partial charge in [-0.25, -0.2) is 8.42 Å². The highest BCUT2D eigenvalue weighted by Gasteiger charge is 2.28. The van der Waals surface area contributed by atoms with Gasteiger partial charge in [-0.3, -0.25) is 4.79 Å². The van der Waals surface area contributed by atoms with Crippen molar-refractivity contribution < 1.29 is 13.2 Å². The first-order chi connectivity index (χ1) is 14.9. The van der Waals surface area contributed by atoms with Crippen LogP contribution in [-0.2, 0) is 21.4 Å². The molecular formula is C23H28Cl2N2O3S. The molecule has 1 aliphatic rings. The molecule has 1 saturated carbocycles. The Kier molecular flexibility index (Phi) is 8.78. The van der Waals surface area contributed by atoms with Crippen LogP contribution in [0.1, 0.15) is 50.5 Å². The highest BCUT2D eigenvalue weighted by Crippen LogP contribution is 2.24. The van der Waals surface area contributed by atoms with E-state index in [9.17, 15) is 13.2 Å². The average Bonchev–Trinajstić information content (AvgIpc) is 2.71. The summed E-state index contributed by atoms with van der Waals surface area (Å²) in [6.45, 7) is -0.268. The second-order valence-corrected chi connectivity index (χ2v) is 10.7. The minimum absolute atomic E-state index is 0.00270. The van der Waals surface area contributed by atoms with Crippen LogP contribution < -0.4 is 5.32 Å². The van der Waals surface area contributed by atoms with Gasteiger partial charge in [-0.15, -0.1) is 0 Å². The fourth-order valence-electron chi connectivity index (χ4n) is 3.83. The lowest BCUT2D eigenvalue weighted by Crippen LogP contribution is -2.44. The maximum Gasteiger partial charge on any atom is 0.243 e. The second kappa shape index (κ2) is 11.3. The van der Waals surface area contributed by atoms with Crippen molar-refractivity contribution in [3.8, 4) is 0 Å². The molecule has 0 bridgehead atoms. The number of nitrogens with one attached hydrogen (secondary N) is 1. The van der Waals surface area contributed by atoms with Crippen LogP contribution in [0.25, 0.3) is 0 Å². The van der Waals surface area contributed by atoms with Gasteiger partial charge >= 0.3 is 0 Å². The zero-order valence-corrected chi connectivity index (χ0v) is 19.7. The SMILES string of the molecule is O=C(CN(Cc1ccccc1Cl)S(=O)(=O)c1ccc(Cl)cc1)NC1CCCCCCC1. The molecule has 0 aliphatic heterocycles. The van der Waals surface area contributed by atoms with Gasteiger partial charge in [-0.05, 0) is 48.7 Å². The number of halogens is 2. The van der Waals surface area contributed by atoms with E-state index in [0.717, 1.165) is 25.7 Å². The number of sulfonamides is 1. The largest absolute Gasteiger partial charge is 0.352 e. The van der Waals surface area contributed by atoms with Gasteiger partial charge in [0.05, 0.1) is 11.4 Å². The van der Waals surface area contributed by atoms with E-state index >= 15 is 0 Å². The van der Waals surface area contributed by atoms with Gasteiger partial charge < -0.3 is 5.32 Å². The van der Waals surface area contributed by atoms with Gasteiger partial charge in [0.1, 0.15) is 0 Å². The van der Waals surface area contributed by atoms with Gasteiger partial charge in [0.15, 0.2) is 0 Å². The zero-order chi connectivity index (χ0) is 22.3. The van der Waals surface area contributed by atoms with Crippen LogP contribution in [-0.4, -0.2) is 31.2 Å². The Balaban J connectivity index is 1.80. The molecule has 0 heterocycles. The number of benzene rings is 2. The molecule has 1 amide bonds. The van der Waals surface area contributed by atoms with E-state index in [2.05, 4.69) is 5.32 Å². The number of carbonyl (C=O) groups is 1. The van der Waals surface area contributed by atoms with E-state index in [1.165, 1.54) is 47.8 Å². The molecule has 1 aliphatic carbocycles. The molecule has 0 unspecified atom stereocenters. The first kappa shape index (κ1) is 24.1. The highest BCUT2D eigenvalue weighted by atomic mass is 35.5. The topological polar surface area (TPSA) is 66.5 Å². The van der Waals surface area contributed by atoms with Crippen LogP contribution >= 0.6 is 23.2 Å². The van der Waals surface area contributed by atoms with E-state index in [1.54, 1.807) is 24.3 Å². The molecule has 0 radical (unpaired) electrons. The Hall–Kier alpha value is -1.60. The minimum atomic E-state index is -3.93. The summed E-state index contributed by atoms with van der Waals surface area (Å²) in [5.41, 5.74) is 0.639. The Morgan fingerprint density at radius 1 is 0.935 bits per heavy atom. The lowest BCUT2D eigenvalue weighted by atomic mass is 9.97. The van der Waals surface area contributed by atoms with Crippen molar-refractivity contribution in [2.24, 2.45) is 0 Å². The van der Waals surface area contributed by atoms with Gasteiger partial charge in [0.25, 0.3) is 0 Å². The third-order valence-corrected chi connectivity index (χ3v) is 7.97. The van der Waals surface area contributed by atoms with Crippen LogP contribution in [0.2, 0.25) is 10.0 Å². The van der Waals surface area contributed by atoms with Crippen molar-refractivity contribution >= 4 is 39.1 Å². The first-order valence-corrected chi connectivity index (χ1v) is 12.8. The molecule has 0 aromatic heterocycles. The van der Waals surface area contributed by atoms with Gasteiger partial charge in [-0.1, -0.05) is 73.5 Å². The zero-order valence-electron chi connectivity index (χ0n) is 17.4. The molecule has 3 rings (SSSR count). The van der Waals surface area contributed by atoms with Crippen molar-refractivity contribution in [3.63, 3.8) is 0 Å². The van der Waals surface area contributed by atoms with E-state index < -0.39 is 10.0 Å². The van der Waals surface area contributed by atoms with E-state index in [4.69, 9.17) is 23.2 Å². The van der Waals surface area contributed by atoms with Gasteiger partial charge in [0, 0.05) is 22.6 Å². The molecule has 0 spiro atoms. The summed E-state index contributed by atoms with van der Waals surface area (Å²) in [4.78, 5) is 12.9. The monoisotopic (exact) mass is 482 g/mol. The fraction of sp³-hybridized carbons (Fsp3) is 0.435. The highest BCUT2D eigenvalue weighted by molar-refractivity contribution is 7.89. The smallest absolute Gasteiger partial charge is 0.243 e. The summed E-state index contributed by atoms with van der Waals surface area (Å²) < 4.78 is 27.9. The van der Waals surface area contributed by atoms with Gasteiger partial charge in [-0.2, -0.15) is 4.31 Å². The number of hydrogen-bond donors (Lipinski definition) is 1. The molecule has 8 heteroatoms. The van der Waals surface area contributed by atoms with Crippen molar-refractivity contribution in [1.82, 2.24) is 9.62 Å². The third kappa shape index (κ3) is 6.94. The van der Waals surface area contributed by atoms with Crippen molar-refractivity contribution in [2.75, 3.05) is 6.54 Å². The molecule has 0 saturated heterocycles. The third-order valence-electron chi connectivity index (χ3n) is 5.55. The molecule has 1 fully saturated rings. The maximum absolute atomic E-state index is 13.3. The number of carbonyl (C=O) groups excluding carboxylic acids is 1. The molecule has 0 atom stereocenters. The lowest BCUT2D eigenvalue weighted by molar-refractivity contribution is -0.122. The molecule has 168 valence electrons. The Labute approximate surface area is 194 Å². The summed E-state index contributed by atoms with van der Waals surface area (Å²) in [6.07, 6.45) is 7.62. The molecule has 1 N–H and O–H groups in total. The predicted molar refractivity (Wildman–Crippen MR) is 125 cm³/mol. The molecule has 31 heavy (non-hydrogen) atoms. The van der Waals surface area contributed by atoms with Crippen molar-refractivity contribution in [3.05, 3.63) is 64.1 Å². The number of amides is 1. The van der Waals surface area contributed by atoms with Crippen LogP contribution in [0, 0.1) is 0 Å². The van der Waals surface area contributed by atoms with Crippen LogP contribution in [0.4, 0.5) is 0 Å². The van der Waals surface area contributed by atoms with Crippen LogP contribution in [0.3, 0.4) is 0 Å². The van der Waals surface area contributed by atoms with Crippen molar-refractivity contribution in [2.45, 2.75) is 62.4 Å². The van der Waals surface area contributed by atoms with Crippen molar-refractivity contribution in [1.29, 1.82) is 0 Å². The van der Waals surface area contributed by atoms with Crippen LogP contribution in [0.5, 0.6) is 0 Å². The first-order valence-electron chi connectivity index (χ1n) is 10.6. The predicted octanol–water partition coefficient (Wildman–Crippen LogP) is 5.41. The summed E-state index contributed by atoms with van der Waals surface area (Å²) in [5, 5.41) is 3.95. The Bertz CT molecular complexity index is 973. The summed E-state index contributed by atoms with van der Waals surface area (Å²) in [6, 6.07) is 13.1. The van der Waals surface area contributed by atoms with E-state index in [-0.39, 0.29) is 29.9 Å². The molecule has 2 aromatic carbocycles. The fourth-order valence-corrected chi connectivity index (χ4v) is 5.53. The van der Waals surface area contributed by atoms with Gasteiger partial charge in [0.2, 0.25) is 15.9 Å². The Morgan fingerprint density at radius 2 is 1.55 bits per heavy atom. The summed E-state index contributed by atoms with van der Waals surface area (Å²) in [7, 11) is -3.93.